The molecule has 2 rings (SSSR count). The maximum Gasteiger partial charge on any atom is 0.137 e. The van der Waals surface area contributed by atoms with Crippen molar-refractivity contribution in [3.63, 3.8) is 0 Å². The van der Waals surface area contributed by atoms with Gasteiger partial charge in [-0.3, -0.25) is 4.99 Å². The molecular weight excluding hydrogens is 296 g/mol. The Morgan fingerprint density at radius 3 is 2.94 bits per heavy atom. The second kappa shape index (κ2) is 4.67. The molecule has 1 heterocycles. The Kier molecular flexibility index (Phi) is 3.44. The molecule has 0 saturated carbocycles. The van der Waals surface area contributed by atoms with Crippen molar-refractivity contribution in [3.05, 3.63) is 45.5 Å². The largest absolute Gasteiger partial charge is 0.257 e. The first kappa shape index (κ1) is 11.8. The van der Waals surface area contributed by atoms with Gasteiger partial charge in [-0.2, -0.15) is 0 Å². The predicted octanol–water partition coefficient (Wildman–Crippen LogP) is 3.92. The van der Waals surface area contributed by atoms with Gasteiger partial charge in [0.05, 0.1) is 0 Å². The lowest BCUT2D eigenvalue weighted by Gasteiger charge is -2.25. The minimum absolute atomic E-state index is 0.216. The highest BCUT2D eigenvalue weighted by atomic mass is 79.9. The molecule has 1 aliphatic heterocycles. The Labute approximate surface area is 105 Å². The van der Waals surface area contributed by atoms with Gasteiger partial charge in [0.1, 0.15) is 23.6 Å². The molecule has 0 unspecified atom stereocenters. The predicted molar refractivity (Wildman–Crippen MR) is 65.9 cm³/mol. The van der Waals surface area contributed by atoms with Gasteiger partial charge < -0.3 is 0 Å². The number of aliphatic imine (C=N–C) groups is 1. The van der Waals surface area contributed by atoms with Gasteiger partial charge in [-0.1, -0.05) is 27.7 Å². The molecule has 1 atom stereocenters. The number of hydrogen-bond donors (Lipinski definition) is 0. The van der Waals surface area contributed by atoms with E-state index in [2.05, 4.69) is 26.5 Å². The van der Waals surface area contributed by atoms with Crippen molar-refractivity contribution in [1.82, 2.24) is 0 Å². The highest BCUT2D eigenvalue weighted by molar-refractivity contribution is 9.10. The Bertz CT molecular complexity index is 447. The molecule has 5 heteroatoms. The van der Waals surface area contributed by atoms with Crippen LogP contribution in [0, 0.1) is 5.82 Å². The lowest BCUT2D eigenvalue weighted by Crippen LogP contribution is -2.26. The van der Waals surface area contributed by atoms with Gasteiger partial charge in [0.2, 0.25) is 0 Å². The van der Waals surface area contributed by atoms with E-state index in [1.54, 1.807) is 23.6 Å². The van der Waals surface area contributed by atoms with E-state index in [0.717, 1.165) is 0 Å². The lowest BCUT2D eigenvalue weighted by molar-refractivity contribution is 0.361. The highest BCUT2D eigenvalue weighted by Crippen LogP contribution is 2.35. The summed E-state index contributed by atoms with van der Waals surface area (Å²) in [5.74, 6) is -0.469. The van der Waals surface area contributed by atoms with Crippen LogP contribution >= 0.6 is 27.7 Å². The van der Waals surface area contributed by atoms with Crippen molar-refractivity contribution in [3.8, 4) is 0 Å². The van der Waals surface area contributed by atoms with Gasteiger partial charge in [-0.25, -0.2) is 8.78 Å². The molecule has 16 heavy (non-hydrogen) atoms. The zero-order valence-corrected chi connectivity index (χ0v) is 10.5. The lowest BCUT2D eigenvalue weighted by atomic mass is 9.91. The third-order valence-electron chi connectivity index (χ3n) is 2.31. The topological polar surface area (TPSA) is 12.4 Å². The number of thioether (sulfide) groups is 1. The molecule has 0 aromatic heterocycles. The van der Waals surface area contributed by atoms with Crippen molar-refractivity contribution in [2.45, 2.75) is 5.54 Å². The van der Waals surface area contributed by atoms with Crippen molar-refractivity contribution in [2.24, 2.45) is 4.99 Å². The molecule has 83 valence electrons. The fourth-order valence-electron chi connectivity index (χ4n) is 1.45. The molecule has 1 aliphatic rings. The Morgan fingerprint density at radius 1 is 1.50 bits per heavy atom. The van der Waals surface area contributed by atoms with Crippen LogP contribution in [0.15, 0.2) is 39.1 Å². The highest BCUT2D eigenvalue weighted by Gasteiger charge is 2.33. The summed E-state index contributed by atoms with van der Waals surface area (Å²) in [6, 6.07) is 4.40. The third kappa shape index (κ3) is 2.06. The maximum atomic E-state index is 13.7. The number of benzene rings is 1. The summed E-state index contributed by atoms with van der Waals surface area (Å²) in [5.41, 5.74) is 1.56. The van der Waals surface area contributed by atoms with E-state index in [0.29, 0.717) is 4.47 Å². The Hall–Kier alpha value is -0.680. The molecule has 1 nitrogen and oxygen atoms in total. The quantitative estimate of drug-likeness (QED) is 0.806. The van der Waals surface area contributed by atoms with Gasteiger partial charge >= 0.3 is 0 Å². The summed E-state index contributed by atoms with van der Waals surface area (Å²) in [6.07, 6.45) is 1.55. The fraction of sp³-hybridized carbons (Fsp3) is 0.182. The first-order valence-electron chi connectivity index (χ1n) is 4.50. The van der Waals surface area contributed by atoms with E-state index < -0.39 is 18.0 Å². The summed E-state index contributed by atoms with van der Waals surface area (Å²) >= 11 is 4.46. The van der Waals surface area contributed by atoms with Crippen LogP contribution in [-0.2, 0) is 5.54 Å². The van der Waals surface area contributed by atoms with Crippen molar-refractivity contribution >= 4 is 33.2 Å². The molecule has 0 spiro atoms. The monoisotopic (exact) mass is 302 g/mol. The number of halogens is 3. The van der Waals surface area contributed by atoms with E-state index >= 15 is 0 Å². The van der Waals surface area contributed by atoms with Crippen LogP contribution in [0.5, 0.6) is 0 Å². The summed E-state index contributed by atoms with van der Waals surface area (Å²) in [4.78, 5) is 3.94. The molecule has 0 fully saturated rings. The summed E-state index contributed by atoms with van der Waals surface area (Å²) < 4.78 is 27.5. The number of hydrogen-bond acceptors (Lipinski definition) is 2. The van der Waals surface area contributed by atoms with Crippen molar-refractivity contribution in [2.75, 3.05) is 6.67 Å². The standard InChI is InChI=1S/C11H7BrF2NS/c12-8-1-2-10(14)9(5-8)11(6-13)3-4-16-7-15-11/h1-5H,6H2/t11-/m1/s1. The molecule has 0 saturated heterocycles. The average Bonchev–Trinajstić information content (AvgIpc) is 2.33. The van der Waals surface area contributed by atoms with E-state index in [9.17, 15) is 8.78 Å². The van der Waals surface area contributed by atoms with E-state index in [1.165, 1.54) is 17.8 Å². The van der Waals surface area contributed by atoms with Gasteiger partial charge in [0.25, 0.3) is 0 Å². The molecule has 1 aromatic rings. The van der Waals surface area contributed by atoms with E-state index in [1.807, 2.05) is 0 Å². The van der Waals surface area contributed by atoms with Gasteiger partial charge in [-0.05, 0) is 29.7 Å². The number of rotatable bonds is 2. The fourth-order valence-corrected chi connectivity index (χ4v) is 2.38. The van der Waals surface area contributed by atoms with Crippen LogP contribution in [0.4, 0.5) is 8.78 Å². The van der Waals surface area contributed by atoms with Crippen LogP contribution in [0.25, 0.3) is 0 Å². The Balaban J connectivity index is 2.55. The van der Waals surface area contributed by atoms with Crippen molar-refractivity contribution in [1.29, 1.82) is 0 Å². The van der Waals surface area contributed by atoms with Crippen LogP contribution in [0.3, 0.4) is 0 Å². The van der Waals surface area contributed by atoms with Gasteiger partial charge in [0, 0.05) is 10.0 Å². The maximum absolute atomic E-state index is 13.7. The molecule has 1 radical (unpaired) electrons. The van der Waals surface area contributed by atoms with Gasteiger partial charge in [0.15, 0.2) is 0 Å². The minimum Gasteiger partial charge on any atom is -0.257 e. The van der Waals surface area contributed by atoms with E-state index in [-0.39, 0.29) is 5.56 Å². The average molecular weight is 303 g/mol. The van der Waals surface area contributed by atoms with Crippen LogP contribution in [0.2, 0.25) is 0 Å². The molecule has 1 aromatic carbocycles. The zero-order valence-electron chi connectivity index (χ0n) is 8.08. The molecular formula is C11H7BrF2NS. The van der Waals surface area contributed by atoms with Gasteiger partial charge in [-0.15, -0.1) is 0 Å². The van der Waals surface area contributed by atoms with E-state index in [4.69, 9.17) is 0 Å². The van der Waals surface area contributed by atoms with Crippen LogP contribution < -0.4 is 0 Å². The van der Waals surface area contributed by atoms with Crippen LogP contribution in [-0.4, -0.2) is 12.2 Å². The SMILES string of the molecule is FC[C@@]1(c2cc(Br)ccc2F)C=CS[C]=N1. The second-order valence-electron chi connectivity index (χ2n) is 3.31. The molecule has 0 N–H and O–H groups in total. The smallest absolute Gasteiger partial charge is 0.137 e. The van der Waals surface area contributed by atoms with Crippen molar-refractivity contribution < 1.29 is 8.78 Å². The molecule has 0 amide bonds. The summed E-state index contributed by atoms with van der Waals surface area (Å²) in [6.45, 7) is -0.787. The van der Waals surface area contributed by atoms with Crippen LogP contribution in [0.1, 0.15) is 5.56 Å². The third-order valence-corrected chi connectivity index (χ3v) is 3.27. The number of nitrogens with zero attached hydrogens (tertiary/aromatic N) is 1. The first-order chi connectivity index (χ1) is 7.68. The summed E-state index contributed by atoms with van der Waals surface area (Å²) in [5, 5.41) is 1.66. The minimum atomic E-state index is -1.26. The number of alkyl halides is 1. The second-order valence-corrected chi connectivity index (χ2v) is 4.91. The Morgan fingerprint density at radius 2 is 2.31 bits per heavy atom. The first-order valence-corrected chi connectivity index (χ1v) is 6.17. The normalized spacial score (nSPS) is 23.7. The molecule has 0 bridgehead atoms. The summed E-state index contributed by atoms with van der Waals surface area (Å²) in [7, 11) is 0. The molecule has 0 aliphatic carbocycles. The zero-order chi connectivity index (χ0) is 11.6.